The number of nitrogens with zero attached hydrogens (tertiary/aromatic N) is 1. The van der Waals surface area contributed by atoms with Gasteiger partial charge < -0.3 is 9.47 Å². The lowest BCUT2D eigenvalue weighted by atomic mass is 9.98. The topological polar surface area (TPSA) is 21.7 Å². The number of methoxy groups -OCH3 is 2. The summed E-state index contributed by atoms with van der Waals surface area (Å²) in [5, 5.41) is 0. The van der Waals surface area contributed by atoms with Crippen molar-refractivity contribution in [3.8, 4) is 11.5 Å². The van der Waals surface area contributed by atoms with Crippen LogP contribution in [0.4, 0.5) is 0 Å². The molecule has 2 rings (SSSR count). The summed E-state index contributed by atoms with van der Waals surface area (Å²) in [4.78, 5) is 2.58. The molecule has 0 aliphatic carbocycles. The van der Waals surface area contributed by atoms with Crippen LogP contribution >= 0.6 is 0 Å². The first kappa shape index (κ1) is 18.1. The molecule has 0 saturated heterocycles. The van der Waals surface area contributed by atoms with Crippen molar-refractivity contribution in [3.63, 3.8) is 0 Å². The third-order valence-electron chi connectivity index (χ3n) is 4.88. The summed E-state index contributed by atoms with van der Waals surface area (Å²) in [7, 11) is 3.42. The number of rotatable bonds is 10. The largest absolute Gasteiger partial charge is 0.493 e. The van der Waals surface area contributed by atoms with E-state index in [0.29, 0.717) is 0 Å². The molecule has 0 amide bonds. The van der Waals surface area contributed by atoms with Crippen molar-refractivity contribution in [2.24, 2.45) is 0 Å². The number of ether oxygens (including phenoxy) is 2. The minimum atomic E-state index is 0.851. The maximum absolute atomic E-state index is 5.44. The summed E-state index contributed by atoms with van der Waals surface area (Å²) in [5.74, 6) is 1.70. The third-order valence-corrected chi connectivity index (χ3v) is 4.88. The minimum absolute atomic E-state index is 0.851. The van der Waals surface area contributed by atoms with Crippen LogP contribution in [0.3, 0.4) is 0 Å². The van der Waals surface area contributed by atoms with E-state index in [1.807, 2.05) is 0 Å². The lowest BCUT2D eigenvalue weighted by molar-refractivity contribution is 0.246. The van der Waals surface area contributed by atoms with Crippen molar-refractivity contribution < 1.29 is 9.47 Å². The van der Waals surface area contributed by atoms with Gasteiger partial charge >= 0.3 is 0 Å². The van der Waals surface area contributed by atoms with Gasteiger partial charge in [0.1, 0.15) is 0 Å². The Morgan fingerprint density at radius 2 is 1.48 bits per heavy atom. The van der Waals surface area contributed by atoms with Crippen molar-refractivity contribution >= 4 is 0 Å². The van der Waals surface area contributed by atoms with Gasteiger partial charge in [0.2, 0.25) is 0 Å². The highest BCUT2D eigenvalue weighted by Crippen LogP contribution is 2.33. The maximum Gasteiger partial charge on any atom is 0.161 e. The summed E-state index contributed by atoms with van der Waals surface area (Å²) in [5.41, 5.74) is 2.82. The molecule has 0 saturated carbocycles. The highest BCUT2D eigenvalue weighted by atomic mass is 16.5. The predicted octanol–water partition coefficient (Wildman–Crippen LogP) is 4.81. The van der Waals surface area contributed by atoms with Gasteiger partial charge in [-0.1, -0.05) is 45.4 Å². The molecule has 0 bridgehead atoms. The Labute approximate surface area is 142 Å². The monoisotopic (exact) mass is 319 g/mol. The van der Waals surface area contributed by atoms with Gasteiger partial charge in [-0.05, 0) is 42.6 Å². The molecule has 0 spiro atoms. The Morgan fingerprint density at radius 1 is 0.870 bits per heavy atom. The first-order valence-electron chi connectivity index (χ1n) is 9.24. The molecule has 1 aliphatic rings. The highest BCUT2D eigenvalue weighted by molar-refractivity contribution is 5.48. The maximum atomic E-state index is 5.44. The normalized spacial score (nSPS) is 14.6. The van der Waals surface area contributed by atoms with E-state index in [1.54, 1.807) is 14.2 Å². The summed E-state index contributed by atoms with van der Waals surface area (Å²) < 4.78 is 10.8. The zero-order valence-electron chi connectivity index (χ0n) is 15.2. The molecule has 1 aromatic carbocycles. The second kappa shape index (κ2) is 9.82. The molecule has 3 heteroatoms. The molecule has 1 heterocycles. The van der Waals surface area contributed by atoms with Gasteiger partial charge in [0, 0.05) is 13.1 Å². The van der Waals surface area contributed by atoms with Crippen LogP contribution in [0.25, 0.3) is 0 Å². The molecule has 0 atom stereocenters. The summed E-state index contributed by atoms with van der Waals surface area (Å²) in [6.07, 6.45) is 10.8. The van der Waals surface area contributed by atoms with Gasteiger partial charge in [-0.15, -0.1) is 0 Å². The molecule has 23 heavy (non-hydrogen) atoms. The second-order valence-corrected chi connectivity index (χ2v) is 6.62. The van der Waals surface area contributed by atoms with Crippen molar-refractivity contribution in [1.82, 2.24) is 4.90 Å². The number of hydrogen-bond donors (Lipinski definition) is 0. The SMILES string of the molecule is CCCCCCCCCN1CCc2cc(OC)c(OC)cc2C1. The van der Waals surface area contributed by atoms with Gasteiger partial charge in [0.05, 0.1) is 14.2 Å². The predicted molar refractivity (Wildman–Crippen MR) is 96.5 cm³/mol. The smallest absolute Gasteiger partial charge is 0.161 e. The fraction of sp³-hybridized carbons (Fsp3) is 0.700. The Kier molecular flexibility index (Phi) is 7.73. The molecular weight excluding hydrogens is 286 g/mol. The number of hydrogen-bond acceptors (Lipinski definition) is 3. The van der Waals surface area contributed by atoms with E-state index < -0.39 is 0 Å². The zero-order valence-corrected chi connectivity index (χ0v) is 15.2. The second-order valence-electron chi connectivity index (χ2n) is 6.62. The molecule has 0 N–H and O–H groups in total. The Balaban J connectivity index is 1.77. The lowest BCUT2D eigenvalue weighted by Crippen LogP contribution is -2.31. The number of unbranched alkanes of at least 4 members (excludes halogenated alkanes) is 6. The van der Waals surface area contributed by atoms with E-state index in [9.17, 15) is 0 Å². The molecule has 1 aromatic rings. The first-order valence-corrected chi connectivity index (χ1v) is 9.24. The summed E-state index contributed by atoms with van der Waals surface area (Å²) in [6.45, 7) is 5.71. The van der Waals surface area contributed by atoms with Crippen LogP contribution < -0.4 is 9.47 Å². The average molecular weight is 319 g/mol. The van der Waals surface area contributed by atoms with Crippen LogP contribution in [0.15, 0.2) is 12.1 Å². The molecule has 3 nitrogen and oxygen atoms in total. The zero-order chi connectivity index (χ0) is 16.5. The van der Waals surface area contributed by atoms with E-state index in [2.05, 4.69) is 24.0 Å². The van der Waals surface area contributed by atoms with Crippen LogP contribution in [-0.2, 0) is 13.0 Å². The van der Waals surface area contributed by atoms with Crippen molar-refractivity contribution in [3.05, 3.63) is 23.3 Å². The van der Waals surface area contributed by atoms with Gasteiger partial charge in [0.25, 0.3) is 0 Å². The minimum Gasteiger partial charge on any atom is -0.493 e. The van der Waals surface area contributed by atoms with Gasteiger partial charge in [-0.2, -0.15) is 0 Å². The van der Waals surface area contributed by atoms with Crippen LogP contribution in [0.1, 0.15) is 63.0 Å². The van der Waals surface area contributed by atoms with Crippen molar-refractivity contribution in [1.29, 1.82) is 0 Å². The highest BCUT2D eigenvalue weighted by Gasteiger charge is 2.18. The fourth-order valence-electron chi connectivity index (χ4n) is 3.42. The van der Waals surface area contributed by atoms with Crippen molar-refractivity contribution in [2.75, 3.05) is 27.3 Å². The van der Waals surface area contributed by atoms with Crippen LogP contribution in [0, 0.1) is 0 Å². The average Bonchev–Trinajstić information content (AvgIpc) is 2.59. The van der Waals surface area contributed by atoms with Crippen LogP contribution in [0.5, 0.6) is 11.5 Å². The van der Waals surface area contributed by atoms with E-state index >= 15 is 0 Å². The molecular formula is C20H33NO2. The first-order chi connectivity index (χ1) is 11.3. The molecule has 0 aromatic heterocycles. The van der Waals surface area contributed by atoms with E-state index in [-0.39, 0.29) is 0 Å². The number of fused-ring (bicyclic) bond motifs is 1. The lowest BCUT2D eigenvalue weighted by Gasteiger charge is -2.29. The van der Waals surface area contributed by atoms with Crippen LogP contribution in [0.2, 0.25) is 0 Å². The van der Waals surface area contributed by atoms with E-state index in [0.717, 1.165) is 31.0 Å². The molecule has 0 fully saturated rings. The number of benzene rings is 1. The van der Waals surface area contributed by atoms with Crippen LogP contribution in [-0.4, -0.2) is 32.2 Å². The van der Waals surface area contributed by atoms with Gasteiger partial charge in [-0.3, -0.25) is 4.90 Å². The summed E-state index contributed by atoms with van der Waals surface area (Å²) in [6, 6.07) is 4.31. The third kappa shape index (κ3) is 5.42. The molecule has 0 radical (unpaired) electrons. The quantitative estimate of drug-likeness (QED) is 0.578. The Bertz CT molecular complexity index is 473. The van der Waals surface area contributed by atoms with Gasteiger partial charge in [0.15, 0.2) is 11.5 Å². The van der Waals surface area contributed by atoms with E-state index in [4.69, 9.17) is 9.47 Å². The van der Waals surface area contributed by atoms with Crippen molar-refractivity contribution in [2.45, 2.75) is 64.8 Å². The molecule has 0 unspecified atom stereocenters. The standard InChI is InChI=1S/C20H33NO2/c1-4-5-6-7-8-9-10-12-21-13-11-17-14-19(22-2)20(23-3)15-18(17)16-21/h14-15H,4-13,16H2,1-3H3. The Hall–Kier alpha value is -1.22. The molecule has 130 valence electrons. The van der Waals surface area contributed by atoms with Gasteiger partial charge in [-0.25, -0.2) is 0 Å². The fourth-order valence-corrected chi connectivity index (χ4v) is 3.42. The molecule has 1 aliphatic heterocycles. The summed E-state index contributed by atoms with van der Waals surface area (Å²) >= 11 is 0. The Morgan fingerprint density at radius 3 is 2.13 bits per heavy atom. The van der Waals surface area contributed by atoms with E-state index in [1.165, 1.54) is 62.6 Å².